The molecule has 0 atom stereocenters. The molecule has 0 bridgehead atoms. The molecule has 2 aliphatic rings. The molecule has 5 rings (SSSR count). The fraction of sp³-hybridized carbons (Fsp3) is 0.333. The zero-order chi connectivity index (χ0) is 22.1. The van der Waals surface area contributed by atoms with Gasteiger partial charge in [0.1, 0.15) is 5.82 Å². The lowest BCUT2D eigenvalue weighted by Gasteiger charge is -2.33. The van der Waals surface area contributed by atoms with Gasteiger partial charge in [-0.3, -0.25) is 14.6 Å². The third-order valence-electron chi connectivity index (χ3n) is 6.02. The normalized spacial score (nSPS) is 16.5. The molecule has 2 amide bonds. The Morgan fingerprint density at radius 3 is 2.94 bits per heavy atom. The highest BCUT2D eigenvalue weighted by Crippen LogP contribution is 2.31. The number of carbonyl (C=O) groups excluding carboxylic acids is 2. The summed E-state index contributed by atoms with van der Waals surface area (Å²) < 4.78 is 5.44. The molecule has 8 heteroatoms. The summed E-state index contributed by atoms with van der Waals surface area (Å²) >= 11 is 0. The number of carbonyl (C=O) groups is 2. The topological polar surface area (TPSA) is 96.5 Å². The van der Waals surface area contributed by atoms with Crippen LogP contribution in [0.1, 0.15) is 28.9 Å². The van der Waals surface area contributed by atoms with Crippen molar-refractivity contribution in [1.29, 1.82) is 0 Å². The van der Waals surface area contributed by atoms with E-state index in [2.05, 4.69) is 20.6 Å². The van der Waals surface area contributed by atoms with Crippen molar-refractivity contribution < 1.29 is 14.3 Å². The highest BCUT2D eigenvalue weighted by Gasteiger charge is 2.29. The van der Waals surface area contributed by atoms with Gasteiger partial charge in [-0.25, -0.2) is 4.98 Å². The Morgan fingerprint density at radius 1 is 1.25 bits per heavy atom. The van der Waals surface area contributed by atoms with E-state index in [0.29, 0.717) is 35.2 Å². The lowest BCUT2D eigenvalue weighted by molar-refractivity contribution is -0.117. The van der Waals surface area contributed by atoms with Gasteiger partial charge in [0.25, 0.3) is 5.91 Å². The number of anilines is 3. The van der Waals surface area contributed by atoms with Gasteiger partial charge in [0, 0.05) is 37.0 Å². The third-order valence-corrected chi connectivity index (χ3v) is 6.02. The largest absolute Gasteiger partial charge is 0.381 e. The second-order valence-electron chi connectivity index (χ2n) is 8.29. The van der Waals surface area contributed by atoms with Crippen LogP contribution in [0.4, 0.5) is 17.2 Å². The van der Waals surface area contributed by atoms with E-state index >= 15 is 0 Å². The molecule has 2 aliphatic heterocycles. The second kappa shape index (κ2) is 8.55. The Bertz CT molecular complexity index is 1190. The number of rotatable bonds is 4. The Morgan fingerprint density at radius 2 is 2.09 bits per heavy atom. The number of aromatic nitrogens is 2. The average molecular weight is 431 g/mol. The van der Waals surface area contributed by atoms with E-state index in [4.69, 9.17) is 4.74 Å². The van der Waals surface area contributed by atoms with Crippen LogP contribution in [0.2, 0.25) is 0 Å². The molecule has 0 aliphatic carbocycles. The SMILES string of the molecule is Cc1ccc2cccc(NC(=O)c3cnc4c(c3)N(CC3CCOCC3)C(=O)CN4)c2n1. The van der Waals surface area contributed by atoms with Crippen molar-refractivity contribution in [3.63, 3.8) is 0 Å². The van der Waals surface area contributed by atoms with Crippen LogP contribution in [0, 0.1) is 12.8 Å². The Labute approximate surface area is 186 Å². The number of ether oxygens (including phenoxy) is 1. The van der Waals surface area contributed by atoms with Crippen LogP contribution in [0.25, 0.3) is 10.9 Å². The van der Waals surface area contributed by atoms with Gasteiger partial charge in [-0.2, -0.15) is 0 Å². The van der Waals surface area contributed by atoms with Gasteiger partial charge in [-0.1, -0.05) is 18.2 Å². The summed E-state index contributed by atoms with van der Waals surface area (Å²) in [6.07, 6.45) is 3.38. The van der Waals surface area contributed by atoms with E-state index in [0.717, 1.165) is 42.7 Å². The zero-order valence-electron chi connectivity index (χ0n) is 17.9. The van der Waals surface area contributed by atoms with Gasteiger partial charge in [0.05, 0.1) is 29.0 Å². The van der Waals surface area contributed by atoms with Crippen LogP contribution in [0.15, 0.2) is 42.6 Å². The summed E-state index contributed by atoms with van der Waals surface area (Å²) in [5.74, 6) is 0.689. The van der Waals surface area contributed by atoms with E-state index in [1.165, 1.54) is 6.20 Å². The second-order valence-corrected chi connectivity index (χ2v) is 8.29. The predicted octanol–water partition coefficient (Wildman–Crippen LogP) is 3.38. The molecule has 1 fully saturated rings. The van der Waals surface area contributed by atoms with Gasteiger partial charge in [-0.05, 0) is 43.9 Å². The van der Waals surface area contributed by atoms with Crippen molar-refractivity contribution >= 4 is 39.9 Å². The van der Waals surface area contributed by atoms with Crippen LogP contribution in [0.3, 0.4) is 0 Å². The number of amides is 2. The third kappa shape index (κ3) is 4.01. The van der Waals surface area contributed by atoms with Gasteiger partial charge >= 0.3 is 0 Å². The number of hydrogen-bond donors (Lipinski definition) is 2. The van der Waals surface area contributed by atoms with Crippen LogP contribution < -0.4 is 15.5 Å². The standard InChI is InChI=1S/C24H25N5O3/c1-15-5-6-17-3-2-4-19(22(17)27-15)28-24(31)18-11-20-23(25-12-18)26-13-21(30)29(20)14-16-7-9-32-10-8-16/h2-6,11-12,16H,7-10,13-14H2,1H3,(H,25,26)(H,28,31). The Hall–Kier alpha value is -3.52. The molecule has 0 saturated carbocycles. The first-order valence-electron chi connectivity index (χ1n) is 10.9. The number of aryl methyl sites for hydroxylation is 1. The molecule has 0 unspecified atom stereocenters. The fourth-order valence-corrected chi connectivity index (χ4v) is 4.24. The Kier molecular flexibility index (Phi) is 5.45. The number of benzene rings is 1. The van der Waals surface area contributed by atoms with Crippen molar-refractivity contribution in [3.8, 4) is 0 Å². The van der Waals surface area contributed by atoms with Crippen LogP contribution in [0.5, 0.6) is 0 Å². The van der Waals surface area contributed by atoms with Crippen molar-refractivity contribution in [2.75, 3.05) is 41.8 Å². The number of nitrogens with zero attached hydrogens (tertiary/aromatic N) is 3. The van der Waals surface area contributed by atoms with Crippen molar-refractivity contribution in [2.24, 2.45) is 5.92 Å². The monoisotopic (exact) mass is 431 g/mol. The van der Waals surface area contributed by atoms with Crippen LogP contribution in [-0.2, 0) is 9.53 Å². The quantitative estimate of drug-likeness (QED) is 0.658. The van der Waals surface area contributed by atoms with E-state index in [1.54, 1.807) is 11.0 Å². The van der Waals surface area contributed by atoms with E-state index in [1.807, 2.05) is 37.3 Å². The maximum absolute atomic E-state index is 13.1. The molecule has 3 aromatic rings. The molecular formula is C24H25N5O3. The van der Waals surface area contributed by atoms with Crippen molar-refractivity contribution in [2.45, 2.75) is 19.8 Å². The number of fused-ring (bicyclic) bond motifs is 2. The minimum atomic E-state index is -0.292. The van der Waals surface area contributed by atoms with Gasteiger partial charge in [0.2, 0.25) is 5.91 Å². The van der Waals surface area contributed by atoms with Gasteiger partial charge in [-0.15, -0.1) is 0 Å². The average Bonchev–Trinajstić information content (AvgIpc) is 2.81. The summed E-state index contributed by atoms with van der Waals surface area (Å²) in [5.41, 5.74) is 3.30. The number of hydrogen-bond acceptors (Lipinski definition) is 6. The Balaban J connectivity index is 1.42. The highest BCUT2D eigenvalue weighted by atomic mass is 16.5. The van der Waals surface area contributed by atoms with Gasteiger partial charge < -0.3 is 20.3 Å². The first-order valence-corrected chi connectivity index (χ1v) is 10.9. The minimum absolute atomic E-state index is 0.0166. The van der Waals surface area contributed by atoms with Gasteiger partial charge in [0.15, 0.2) is 0 Å². The van der Waals surface area contributed by atoms with E-state index in [-0.39, 0.29) is 18.4 Å². The summed E-state index contributed by atoms with van der Waals surface area (Å²) in [7, 11) is 0. The van der Waals surface area contributed by atoms with Crippen molar-refractivity contribution in [1.82, 2.24) is 9.97 Å². The molecule has 32 heavy (non-hydrogen) atoms. The zero-order valence-corrected chi connectivity index (χ0v) is 17.9. The molecule has 0 spiro atoms. The number of para-hydroxylation sites is 1. The molecule has 1 saturated heterocycles. The lowest BCUT2D eigenvalue weighted by atomic mass is 9.99. The maximum atomic E-state index is 13.1. The molecular weight excluding hydrogens is 406 g/mol. The predicted molar refractivity (Wildman–Crippen MR) is 123 cm³/mol. The summed E-state index contributed by atoms with van der Waals surface area (Å²) in [6, 6.07) is 11.4. The molecule has 1 aromatic carbocycles. The van der Waals surface area contributed by atoms with Crippen LogP contribution in [-0.4, -0.2) is 48.1 Å². The lowest BCUT2D eigenvalue weighted by Crippen LogP contribution is -2.44. The van der Waals surface area contributed by atoms with Crippen LogP contribution >= 0.6 is 0 Å². The summed E-state index contributed by atoms with van der Waals surface area (Å²) in [6.45, 7) is 4.17. The van der Waals surface area contributed by atoms with E-state index < -0.39 is 0 Å². The molecule has 0 radical (unpaired) electrons. The molecule has 4 heterocycles. The number of pyridine rings is 2. The first kappa shape index (κ1) is 20.4. The first-order chi connectivity index (χ1) is 15.6. The minimum Gasteiger partial charge on any atom is -0.381 e. The van der Waals surface area contributed by atoms with Crippen molar-refractivity contribution in [3.05, 3.63) is 53.9 Å². The van der Waals surface area contributed by atoms with E-state index in [9.17, 15) is 9.59 Å². The smallest absolute Gasteiger partial charge is 0.257 e. The molecule has 164 valence electrons. The number of nitrogens with one attached hydrogen (secondary N) is 2. The molecule has 8 nitrogen and oxygen atoms in total. The molecule has 2 N–H and O–H groups in total. The fourth-order valence-electron chi connectivity index (χ4n) is 4.24. The summed E-state index contributed by atoms with van der Waals surface area (Å²) in [4.78, 5) is 36.5. The summed E-state index contributed by atoms with van der Waals surface area (Å²) in [5, 5.41) is 6.97. The highest BCUT2D eigenvalue weighted by molar-refractivity contribution is 6.10. The molecule has 2 aromatic heterocycles. The maximum Gasteiger partial charge on any atom is 0.257 e.